The van der Waals surface area contributed by atoms with E-state index in [9.17, 15) is 9.18 Å². The van der Waals surface area contributed by atoms with E-state index in [1.165, 1.54) is 18.2 Å². The molecule has 2 aromatic carbocycles. The molecular formula is C27H31F2N5O2. The minimum absolute atomic E-state index is 0.101. The van der Waals surface area contributed by atoms with Crippen molar-refractivity contribution in [3.05, 3.63) is 82.9 Å². The summed E-state index contributed by atoms with van der Waals surface area (Å²) < 4.78 is 35.4. The number of ether oxygens (including phenoxy) is 1. The second kappa shape index (κ2) is 10.5. The minimum Gasteiger partial charge on any atom is -0.483 e. The monoisotopic (exact) mass is 495 g/mol. The molecule has 0 radical (unpaired) electrons. The molecule has 1 amide bonds. The molecule has 36 heavy (non-hydrogen) atoms. The molecule has 1 aliphatic rings. The fourth-order valence-electron chi connectivity index (χ4n) is 4.34. The Morgan fingerprint density at radius 1 is 1.14 bits per heavy atom. The Morgan fingerprint density at radius 2 is 1.94 bits per heavy atom. The maximum absolute atomic E-state index is 15.2. The standard InChI is InChI=1S/C27H31F2N5O2/c1-27(11-12-31-2,19-5-4-6-20(28)15-19)36-21-8-7-18(23(29)16-21)17-34-14-13-33(3)25-22(26(34)35)9-10-24(30)32-25/h4-10,15-16,31H,11-14,17H2,1-3H3,(H2,30,32)/t27-/m1/s1. The Hall–Kier alpha value is -3.72. The van der Waals surface area contributed by atoms with Gasteiger partial charge >= 0.3 is 0 Å². The molecule has 1 aliphatic heterocycles. The molecule has 9 heteroatoms. The van der Waals surface area contributed by atoms with Crippen molar-refractivity contribution < 1.29 is 18.3 Å². The number of halogens is 2. The Balaban J connectivity index is 1.55. The van der Waals surface area contributed by atoms with E-state index in [1.54, 1.807) is 41.3 Å². The van der Waals surface area contributed by atoms with Crippen LogP contribution in [0.2, 0.25) is 0 Å². The van der Waals surface area contributed by atoms with Gasteiger partial charge in [0.1, 0.15) is 34.6 Å². The van der Waals surface area contributed by atoms with Crippen LogP contribution in [0, 0.1) is 11.6 Å². The van der Waals surface area contributed by atoms with Gasteiger partial charge in [-0.25, -0.2) is 13.8 Å². The highest BCUT2D eigenvalue weighted by atomic mass is 19.1. The number of benzene rings is 2. The van der Waals surface area contributed by atoms with Gasteiger partial charge in [0.2, 0.25) is 0 Å². The number of nitrogen functional groups attached to an aromatic ring is 1. The zero-order valence-corrected chi connectivity index (χ0v) is 20.7. The molecule has 0 saturated heterocycles. The lowest BCUT2D eigenvalue weighted by molar-refractivity contribution is 0.0751. The molecule has 0 saturated carbocycles. The SMILES string of the molecule is CNCC[C@@](C)(Oc1ccc(CN2CCN(C)c3nc(N)ccc3C2=O)c(F)c1)c1cccc(F)c1. The lowest BCUT2D eigenvalue weighted by Gasteiger charge is -2.32. The summed E-state index contributed by atoms with van der Waals surface area (Å²) in [5.74, 6) is 0.107. The Kier molecular flexibility index (Phi) is 7.40. The summed E-state index contributed by atoms with van der Waals surface area (Å²) in [6, 6.07) is 14.1. The number of likely N-dealkylation sites (N-methyl/N-ethyl adjacent to an activating group) is 1. The van der Waals surface area contributed by atoms with Crippen molar-refractivity contribution in [3.63, 3.8) is 0 Å². The van der Waals surface area contributed by atoms with Crippen molar-refractivity contribution in [3.8, 4) is 5.75 Å². The van der Waals surface area contributed by atoms with Crippen LogP contribution in [0.5, 0.6) is 5.75 Å². The molecule has 1 atom stereocenters. The van der Waals surface area contributed by atoms with Crippen LogP contribution in [0.1, 0.15) is 34.8 Å². The van der Waals surface area contributed by atoms with E-state index >= 15 is 4.39 Å². The van der Waals surface area contributed by atoms with Crippen LogP contribution in [0.3, 0.4) is 0 Å². The number of aromatic nitrogens is 1. The van der Waals surface area contributed by atoms with Gasteiger partial charge in [-0.2, -0.15) is 0 Å². The molecule has 4 rings (SSSR count). The third-order valence-corrected chi connectivity index (χ3v) is 6.50. The number of rotatable bonds is 8. The highest BCUT2D eigenvalue weighted by Crippen LogP contribution is 2.33. The number of amides is 1. The van der Waals surface area contributed by atoms with Crippen LogP contribution in [0.15, 0.2) is 54.6 Å². The van der Waals surface area contributed by atoms with Gasteiger partial charge in [0.25, 0.3) is 5.91 Å². The number of hydrogen-bond acceptors (Lipinski definition) is 6. The van der Waals surface area contributed by atoms with Crippen molar-refractivity contribution in [2.45, 2.75) is 25.5 Å². The van der Waals surface area contributed by atoms with E-state index in [1.807, 2.05) is 25.9 Å². The van der Waals surface area contributed by atoms with E-state index in [0.717, 1.165) is 0 Å². The second-order valence-electron chi connectivity index (χ2n) is 9.21. The molecule has 0 spiro atoms. The summed E-state index contributed by atoms with van der Waals surface area (Å²) in [6.45, 7) is 3.53. The maximum Gasteiger partial charge on any atom is 0.257 e. The number of hydrogen-bond donors (Lipinski definition) is 2. The highest BCUT2D eigenvalue weighted by molar-refractivity contribution is 5.99. The molecule has 0 bridgehead atoms. The van der Waals surface area contributed by atoms with Crippen molar-refractivity contribution in [1.29, 1.82) is 0 Å². The van der Waals surface area contributed by atoms with Gasteiger partial charge in [-0.05, 0) is 56.4 Å². The zero-order valence-electron chi connectivity index (χ0n) is 20.7. The topological polar surface area (TPSA) is 83.7 Å². The maximum atomic E-state index is 15.2. The predicted octanol–water partition coefficient (Wildman–Crippen LogP) is 3.94. The quantitative estimate of drug-likeness (QED) is 0.493. The first-order valence-corrected chi connectivity index (χ1v) is 11.9. The zero-order chi connectivity index (χ0) is 25.9. The molecule has 1 aromatic heterocycles. The predicted molar refractivity (Wildman–Crippen MR) is 136 cm³/mol. The summed E-state index contributed by atoms with van der Waals surface area (Å²) in [7, 11) is 3.67. The number of nitrogens with one attached hydrogen (secondary N) is 1. The summed E-state index contributed by atoms with van der Waals surface area (Å²) in [4.78, 5) is 21.0. The smallest absolute Gasteiger partial charge is 0.257 e. The first-order valence-electron chi connectivity index (χ1n) is 11.9. The van der Waals surface area contributed by atoms with Crippen LogP contribution in [-0.4, -0.2) is 49.5 Å². The molecule has 3 N–H and O–H groups in total. The van der Waals surface area contributed by atoms with E-state index < -0.39 is 11.4 Å². The number of anilines is 2. The Morgan fingerprint density at radius 3 is 2.67 bits per heavy atom. The number of carbonyl (C=O) groups is 1. The normalized spacial score (nSPS) is 15.3. The lowest BCUT2D eigenvalue weighted by Crippen LogP contribution is -2.34. The van der Waals surface area contributed by atoms with E-state index in [0.29, 0.717) is 60.1 Å². The van der Waals surface area contributed by atoms with Crippen LogP contribution in [-0.2, 0) is 12.1 Å². The fourth-order valence-corrected chi connectivity index (χ4v) is 4.34. The number of pyridine rings is 1. The Labute approximate surface area is 209 Å². The first kappa shape index (κ1) is 25.4. The van der Waals surface area contributed by atoms with Gasteiger partial charge in [-0.1, -0.05) is 18.2 Å². The van der Waals surface area contributed by atoms with Crippen LogP contribution < -0.4 is 20.7 Å². The fraction of sp³-hybridized carbons (Fsp3) is 0.333. The van der Waals surface area contributed by atoms with Gasteiger partial charge in [-0.3, -0.25) is 4.79 Å². The van der Waals surface area contributed by atoms with Crippen molar-refractivity contribution >= 4 is 17.5 Å². The van der Waals surface area contributed by atoms with Crippen LogP contribution in [0.4, 0.5) is 20.4 Å². The van der Waals surface area contributed by atoms with Gasteiger partial charge in [0, 0.05) is 44.7 Å². The van der Waals surface area contributed by atoms with E-state index in [-0.39, 0.29) is 18.3 Å². The van der Waals surface area contributed by atoms with Crippen molar-refractivity contribution in [1.82, 2.24) is 15.2 Å². The number of fused-ring (bicyclic) bond motifs is 1. The summed E-state index contributed by atoms with van der Waals surface area (Å²) >= 11 is 0. The van der Waals surface area contributed by atoms with Gasteiger partial charge < -0.3 is 25.6 Å². The highest BCUT2D eigenvalue weighted by Gasteiger charge is 2.30. The largest absolute Gasteiger partial charge is 0.483 e. The molecular weight excluding hydrogens is 464 g/mol. The van der Waals surface area contributed by atoms with E-state index in [2.05, 4.69) is 10.3 Å². The summed E-state index contributed by atoms with van der Waals surface area (Å²) in [5, 5.41) is 3.08. The molecule has 0 unspecified atom stereocenters. The van der Waals surface area contributed by atoms with Crippen LogP contribution in [0.25, 0.3) is 0 Å². The van der Waals surface area contributed by atoms with Gasteiger partial charge in [-0.15, -0.1) is 0 Å². The Bertz CT molecular complexity index is 1250. The average Bonchev–Trinajstić information content (AvgIpc) is 2.96. The average molecular weight is 496 g/mol. The van der Waals surface area contributed by atoms with Crippen molar-refractivity contribution in [2.75, 3.05) is 44.4 Å². The molecule has 3 aromatic rings. The van der Waals surface area contributed by atoms with Gasteiger partial charge in [0.05, 0.1) is 5.56 Å². The molecule has 7 nitrogen and oxygen atoms in total. The molecule has 2 heterocycles. The third-order valence-electron chi connectivity index (χ3n) is 6.50. The summed E-state index contributed by atoms with van der Waals surface area (Å²) in [6.07, 6.45) is 0.546. The number of nitrogens with two attached hydrogens (primary N) is 1. The minimum atomic E-state index is -0.872. The molecule has 190 valence electrons. The second-order valence-corrected chi connectivity index (χ2v) is 9.21. The lowest BCUT2D eigenvalue weighted by atomic mass is 9.92. The number of nitrogens with zero attached hydrogens (tertiary/aromatic N) is 3. The third kappa shape index (κ3) is 5.41. The van der Waals surface area contributed by atoms with E-state index in [4.69, 9.17) is 10.5 Å². The van der Waals surface area contributed by atoms with Crippen LogP contribution >= 0.6 is 0 Å². The summed E-state index contributed by atoms with van der Waals surface area (Å²) in [5.41, 5.74) is 6.39. The van der Waals surface area contributed by atoms with Crippen molar-refractivity contribution in [2.24, 2.45) is 0 Å². The molecule has 0 fully saturated rings. The number of carbonyl (C=O) groups excluding carboxylic acids is 1. The van der Waals surface area contributed by atoms with Gasteiger partial charge in [0.15, 0.2) is 0 Å². The molecule has 0 aliphatic carbocycles. The first-order chi connectivity index (χ1) is 17.2.